The van der Waals surface area contributed by atoms with E-state index in [2.05, 4.69) is 4.90 Å². The molecule has 0 aromatic heterocycles. The number of nitrogens with zero attached hydrogens (tertiary/aromatic N) is 1. The molecule has 0 aromatic rings. The lowest BCUT2D eigenvalue weighted by Crippen LogP contribution is -2.52. The highest BCUT2D eigenvalue weighted by Crippen LogP contribution is 2.32. The van der Waals surface area contributed by atoms with Crippen molar-refractivity contribution in [2.24, 2.45) is 11.7 Å². The summed E-state index contributed by atoms with van der Waals surface area (Å²) in [6.45, 7) is 3.29. The average Bonchev–Trinajstić information content (AvgIpc) is 2.81. The third-order valence-corrected chi connectivity index (χ3v) is 5.03. The van der Waals surface area contributed by atoms with Gasteiger partial charge in [-0.2, -0.15) is 0 Å². The van der Waals surface area contributed by atoms with Crippen LogP contribution < -0.4 is 5.73 Å². The van der Waals surface area contributed by atoms with Gasteiger partial charge in [0.15, 0.2) is 0 Å². The molecule has 3 rings (SSSR count). The maximum Gasteiger partial charge on any atom is 0.0730 e. The number of morpholine rings is 1. The highest BCUT2D eigenvalue weighted by Gasteiger charge is 2.37. The van der Waals surface area contributed by atoms with Gasteiger partial charge in [0, 0.05) is 25.2 Å². The van der Waals surface area contributed by atoms with Crippen molar-refractivity contribution < 1.29 is 4.74 Å². The second kappa shape index (κ2) is 5.25. The smallest absolute Gasteiger partial charge is 0.0730 e. The molecule has 2 N–H and O–H groups in total. The molecule has 98 valence electrons. The first-order valence-corrected chi connectivity index (χ1v) is 7.46. The molecule has 1 aliphatic heterocycles. The van der Waals surface area contributed by atoms with Gasteiger partial charge >= 0.3 is 0 Å². The summed E-state index contributed by atoms with van der Waals surface area (Å²) in [5.74, 6) is 0.739. The standard InChI is InChI=1S/C14H26N2O/c15-12-5-2-1-4-11(12)10-16-8-9-17-14-7-3-6-13(14)16/h11-14H,1-10,15H2. The summed E-state index contributed by atoms with van der Waals surface area (Å²) < 4.78 is 5.88. The molecule has 0 radical (unpaired) electrons. The van der Waals surface area contributed by atoms with Gasteiger partial charge in [-0.3, -0.25) is 4.90 Å². The Labute approximate surface area is 105 Å². The Morgan fingerprint density at radius 1 is 1.06 bits per heavy atom. The first-order valence-electron chi connectivity index (χ1n) is 7.46. The van der Waals surface area contributed by atoms with Crippen LogP contribution in [0.2, 0.25) is 0 Å². The Hall–Kier alpha value is -0.120. The van der Waals surface area contributed by atoms with E-state index in [4.69, 9.17) is 10.5 Å². The molecular weight excluding hydrogens is 212 g/mol. The minimum Gasteiger partial charge on any atom is -0.375 e. The fourth-order valence-electron chi connectivity index (χ4n) is 4.00. The van der Waals surface area contributed by atoms with Gasteiger partial charge in [-0.15, -0.1) is 0 Å². The van der Waals surface area contributed by atoms with Crippen LogP contribution >= 0.6 is 0 Å². The maximum atomic E-state index is 6.28. The lowest BCUT2D eigenvalue weighted by atomic mass is 9.84. The lowest BCUT2D eigenvalue weighted by Gasteiger charge is -2.41. The van der Waals surface area contributed by atoms with Crippen LogP contribution in [0.15, 0.2) is 0 Å². The monoisotopic (exact) mass is 238 g/mol. The molecule has 1 saturated heterocycles. The predicted molar refractivity (Wildman–Crippen MR) is 68.9 cm³/mol. The van der Waals surface area contributed by atoms with Crippen molar-refractivity contribution in [2.75, 3.05) is 19.7 Å². The Kier molecular flexibility index (Phi) is 3.69. The SMILES string of the molecule is NC1CCCCC1CN1CCOC2CCCC21. The van der Waals surface area contributed by atoms with Crippen molar-refractivity contribution >= 4 is 0 Å². The van der Waals surface area contributed by atoms with Gasteiger partial charge in [0.1, 0.15) is 0 Å². The van der Waals surface area contributed by atoms with Gasteiger partial charge in [-0.25, -0.2) is 0 Å². The van der Waals surface area contributed by atoms with Crippen LogP contribution in [0, 0.1) is 5.92 Å². The van der Waals surface area contributed by atoms with E-state index < -0.39 is 0 Å². The van der Waals surface area contributed by atoms with Crippen molar-refractivity contribution in [1.29, 1.82) is 0 Å². The molecule has 0 bridgehead atoms. The first-order chi connectivity index (χ1) is 8.34. The highest BCUT2D eigenvalue weighted by molar-refractivity contribution is 4.91. The second-order valence-corrected chi connectivity index (χ2v) is 6.11. The van der Waals surface area contributed by atoms with Crippen LogP contribution in [0.1, 0.15) is 44.9 Å². The number of fused-ring (bicyclic) bond motifs is 1. The van der Waals surface area contributed by atoms with E-state index >= 15 is 0 Å². The Balaban J connectivity index is 1.59. The molecule has 0 amide bonds. The fraction of sp³-hybridized carbons (Fsp3) is 1.00. The van der Waals surface area contributed by atoms with E-state index in [-0.39, 0.29) is 0 Å². The Morgan fingerprint density at radius 3 is 2.82 bits per heavy atom. The van der Waals surface area contributed by atoms with Gasteiger partial charge in [-0.05, 0) is 38.0 Å². The molecule has 0 spiro atoms. The summed E-state index contributed by atoms with van der Waals surface area (Å²) in [5.41, 5.74) is 6.28. The van der Waals surface area contributed by atoms with Crippen molar-refractivity contribution in [3.8, 4) is 0 Å². The molecule has 3 heteroatoms. The minimum absolute atomic E-state index is 0.450. The van der Waals surface area contributed by atoms with E-state index in [1.807, 2.05) is 0 Å². The summed E-state index contributed by atoms with van der Waals surface area (Å²) >= 11 is 0. The molecule has 0 aromatic carbocycles. The molecule has 3 fully saturated rings. The summed E-state index contributed by atoms with van der Waals surface area (Å²) in [7, 11) is 0. The Bertz CT molecular complexity index is 259. The first kappa shape index (κ1) is 11.9. The largest absolute Gasteiger partial charge is 0.375 e. The number of rotatable bonds is 2. The highest BCUT2D eigenvalue weighted by atomic mass is 16.5. The second-order valence-electron chi connectivity index (χ2n) is 6.11. The van der Waals surface area contributed by atoms with Gasteiger partial charge in [0.05, 0.1) is 12.7 Å². The zero-order chi connectivity index (χ0) is 11.7. The molecular formula is C14H26N2O. The van der Waals surface area contributed by atoms with E-state index in [9.17, 15) is 0 Å². The third kappa shape index (κ3) is 2.51. The lowest BCUT2D eigenvalue weighted by molar-refractivity contribution is -0.0624. The van der Waals surface area contributed by atoms with E-state index in [1.54, 1.807) is 0 Å². The number of ether oxygens (including phenoxy) is 1. The van der Waals surface area contributed by atoms with Crippen LogP contribution in [0.4, 0.5) is 0 Å². The van der Waals surface area contributed by atoms with E-state index in [1.165, 1.54) is 51.5 Å². The third-order valence-electron chi connectivity index (χ3n) is 5.03. The molecule has 4 atom stereocenters. The van der Waals surface area contributed by atoms with E-state index in [0.29, 0.717) is 18.2 Å². The fourth-order valence-corrected chi connectivity index (χ4v) is 4.00. The molecule has 2 saturated carbocycles. The van der Waals surface area contributed by atoms with Crippen molar-refractivity contribution in [1.82, 2.24) is 4.90 Å². The molecule has 2 aliphatic carbocycles. The van der Waals surface area contributed by atoms with Crippen molar-refractivity contribution in [2.45, 2.75) is 63.1 Å². The summed E-state index contributed by atoms with van der Waals surface area (Å²) in [5, 5.41) is 0. The van der Waals surface area contributed by atoms with E-state index in [0.717, 1.165) is 19.1 Å². The Morgan fingerprint density at radius 2 is 1.94 bits per heavy atom. The van der Waals surface area contributed by atoms with Crippen LogP contribution in [0.25, 0.3) is 0 Å². The number of nitrogens with two attached hydrogens (primary N) is 1. The van der Waals surface area contributed by atoms with Crippen molar-refractivity contribution in [3.05, 3.63) is 0 Å². The number of hydrogen-bond donors (Lipinski definition) is 1. The van der Waals surface area contributed by atoms with Gasteiger partial charge in [0.2, 0.25) is 0 Å². The van der Waals surface area contributed by atoms with Gasteiger partial charge < -0.3 is 10.5 Å². The van der Waals surface area contributed by atoms with Crippen LogP contribution in [-0.2, 0) is 4.74 Å². The summed E-state index contributed by atoms with van der Waals surface area (Å²) in [6, 6.07) is 1.16. The molecule has 3 aliphatic rings. The van der Waals surface area contributed by atoms with Crippen LogP contribution in [0.5, 0.6) is 0 Å². The zero-order valence-electron chi connectivity index (χ0n) is 10.8. The number of hydrogen-bond acceptors (Lipinski definition) is 3. The van der Waals surface area contributed by atoms with Gasteiger partial charge in [0.25, 0.3) is 0 Å². The van der Waals surface area contributed by atoms with Gasteiger partial charge in [-0.1, -0.05) is 12.8 Å². The molecule has 3 nitrogen and oxygen atoms in total. The molecule has 17 heavy (non-hydrogen) atoms. The molecule has 4 unspecified atom stereocenters. The normalized spacial score (nSPS) is 43.6. The minimum atomic E-state index is 0.450. The average molecular weight is 238 g/mol. The zero-order valence-corrected chi connectivity index (χ0v) is 10.8. The summed E-state index contributed by atoms with van der Waals surface area (Å²) in [4.78, 5) is 2.69. The van der Waals surface area contributed by atoms with Crippen LogP contribution in [0.3, 0.4) is 0 Å². The summed E-state index contributed by atoms with van der Waals surface area (Å²) in [6.07, 6.45) is 9.80. The predicted octanol–water partition coefficient (Wildman–Crippen LogP) is 1.76. The van der Waals surface area contributed by atoms with Crippen LogP contribution in [-0.4, -0.2) is 42.8 Å². The molecule has 1 heterocycles. The quantitative estimate of drug-likeness (QED) is 0.796. The maximum absolute atomic E-state index is 6.28. The topological polar surface area (TPSA) is 38.5 Å². The van der Waals surface area contributed by atoms with Crippen molar-refractivity contribution in [3.63, 3.8) is 0 Å².